The van der Waals surface area contributed by atoms with Crippen LogP contribution in [-0.2, 0) is 4.74 Å². The molecule has 1 aliphatic carbocycles. The summed E-state index contributed by atoms with van der Waals surface area (Å²) in [7, 11) is 0. The van der Waals surface area contributed by atoms with Crippen molar-refractivity contribution < 1.29 is 4.74 Å². The number of benzene rings is 1. The number of ether oxygens (including phenoxy) is 1. The van der Waals surface area contributed by atoms with Gasteiger partial charge in [0.1, 0.15) is 0 Å². The molecule has 0 atom stereocenters. The molecular weight excluding hydrogens is 312 g/mol. The second-order valence-corrected chi connectivity index (χ2v) is 7.65. The monoisotopic (exact) mass is 344 g/mol. The molecule has 0 unspecified atom stereocenters. The van der Waals surface area contributed by atoms with Gasteiger partial charge in [-0.1, -0.05) is 63.1 Å². The van der Waals surface area contributed by atoms with Crippen LogP contribution in [0.15, 0.2) is 35.2 Å². The molecule has 0 amide bonds. The topological polar surface area (TPSA) is 9.23 Å². The van der Waals surface area contributed by atoms with Gasteiger partial charge in [0.15, 0.2) is 0 Å². The van der Waals surface area contributed by atoms with E-state index in [1.54, 1.807) is 11.8 Å². The molecule has 0 spiro atoms. The molecule has 0 bridgehead atoms. The van der Waals surface area contributed by atoms with E-state index in [0.717, 1.165) is 6.61 Å². The molecule has 0 heterocycles. The van der Waals surface area contributed by atoms with Gasteiger partial charge in [-0.2, -0.15) is 0 Å². The molecule has 0 radical (unpaired) electrons. The number of hydrogen-bond acceptors (Lipinski definition) is 2. The van der Waals surface area contributed by atoms with Crippen LogP contribution in [0.3, 0.4) is 0 Å². The van der Waals surface area contributed by atoms with Crippen LogP contribution in [0.4, 0.5) is 0 Å². The van der Waals surface area contributed by atoms with Gasteiger partial charge in [0, 0.05) is 17.4 Å². The normalized spacial score (nSPS) is 20.4. The zero-order valence-corrected chi connectivity index (χ0v) is 16.0. The van der Waals surface area contributed by atoms with Crippen LogP contribution in [0, 0.1) is 17.1 Å². The van der Waals surface area contributed by atoms with Gasteiger partial charge in [0.25, 0.3) is 0 Å². The maximum Gasteiger partial charge on any atom is 0.0576 e. The molecule has 1 saturated carbocycles. The molecule has 2 heteroatoms. The summed E-state index contributed by atoms with van der Waals surface area (Å²) in [6.45, 7) is 3.22. The molecule has 1 aromatic carbocycles. The third-order valence-electron chi connectivity index (χ3n) is 4.70. The Hall–Kier alpha value is -0.910. The van der Waals surface area contributed by atoms with Crippen LogP contribution in [0.5, 0.6) is 0 Å². The van der Waals surface area contributed by atoms with E-state index in [4.69, 9.17) is 4.74 Å². The highest BCUT2D eigenvalue weighted by molar-refractivity contribution is 8.03. The lowest BCUT2D eigenvalue weighted by Gasteiger charge is -2.25. The zero-order valence-electron chi connectivity index (χ0n) is 15.1. The predicted molar refractivity (Wildman–Crippen MR) is 105 cm³/mol. The fourth-order valence-electron chi connectivity index (χ4n) is 3.17. The standard InChI is InChI=1S/C22H32OS/c1-2-3-4-5-6-10-18-23-21-15-13-20(14-16-21)17-19-24-22-11-8-7-9-12-22/h7-9,11-12,20-21H,2-6,10,13-16,18H2,1H3. The fraction of sp³-hybridized carbons (Fsp3) is 0.636. The largest absolute Gasteiger partial charge is 0.378 e. The highest BCUT2D eigenvalue weighted by Crippen LogP contribution is 2.26. The molecular formula is C22H32OS. The molecule has 0 aliphatic heterocycles. The highest BCUT2D eigenvalue weighted by Gasteiger charge is 2.20. The first-order valence-corrected chi connectivity index (χ1v) is 10.5. The Kier molecular flexibility index (Phi) is 10.1. The second kappa shape index (κ2) is 12.5. The summed E-state index contributed by atoms with van der Waals surface area (Å²) >= 11 is 1.65. The smallest absolute Gasteiger partial charge is 0.0576 e. The molecule has 0 saturated heterocycles. The second-order valence-electron chi connectivity index (χ2n) is 6.77. The van der Waals surface area contributed by atoms with Crippen molar-refractivity contribution in [2.24, 2.45) is 5.92 Å². The third kappa shape index (κ3) is 8.27. The van der Waals surface area contributed by atoms with E-state index >= 15 is 0 Å². The van der Waals surface area contributed by atoms with Crippen molar-refractivity contribution in [1.29, 1.82) is 0 Å². The van der Waals surface area contributed by atoms with Gasteiger partial charge in [0.05, 0.1) is 6.10 Å². The molecule has 132 valence electrons. The van der Waals surface area contributed by atoms with Crippen molar-refractivity contribution in [3.63, 3.8) is 0 Å². The summed E-state index contributed by atoms with van der Waals surface area (Å²) in [6.07, 6.45) is 13.3. The van der Waals surface area contributed by atoms with Crippen molar-refractivity contribution in [2.45, 2.75) is 82.1 Å². The van der Waals surface area contributed by atoms with Crippen molar-refractivity contribution >= 4 is 11.8 Å². The van der Waals surface area contributed by atoms with Crippen molar-refractivity contribution in [2.75, 3.05) is 6.61 Å². The van der Waals surface area contributed by atoms with Crippen LogP contribution in [0.25, 0.3) is 0 Å². The molecule has 24 heavy (non-hydrogen) atoms. The van der Waals surface area contributed by atoms with E-state index < -0.39 is 0 Å². The van der Waals surface area contributed by atoms with Crippen LogP contribution < -0.4 is 0 Å². The lowest BCUT2D eigenvalue weighted by Crippen LogP contribution is -2.21. The minimum absolute atomic E-state index is 0.487. The Labute approximate surface area is 153 Å². The Balaban J connectivity index is 1.52. The summed E-state index contributed by atoms with van der Waals surface area (Å²) in [5, 5.41) is 3.29. The molecule has 0 aromatic heterocycles. The van der Waals surface area contributed by atoms with Crippen molar-refractivity contribution in [3.8, 4) is 11.2 Å². The average molecular weight is 345 g/mol. The Bertz CT molecular complexity index is 480. The van der Waals surface area contributed by atoms with Gasteiger partial charge >= 0.3 is 0 Å². The Morgan fingerprint density at radius 1 is 0.958 bits per heavy atom. The minimum atomic E-state index is 0.487. The number of hydrogen-bond donors (Lipinski definition) is 0. The van der Waals surface area contributed by atoms with Gasteiger partial charge in [-0.25, -0.2) is 0 Å². The minimum Gasteiger partial charge on any atom is -0.378 e. The SMILES string of the molecule is CCCCCCCCOC1CCC(C#CSc2ccccc2)CC1. The highest BCUT2D eigenvalue weighted by atomic mass is 32.2. The third-order valence-corrected chi connectivity index (χ3v) is 5.43. The van der Waals surface area contributed by atoms with Gasteiger partial charge in [-0.15, -0.1) is 0 Å². The van der Waals surface area contributed by atoms with E-state index in [1.807, 2.05) is 6.07 Å². The molecule has 1 nitrogen and oxygen atoms in total. The summed E-state index contributed by atoms with van der Waals surface area (Å²) < 4.78 is 6.06. The Morgan fingerprint density at radius 3 is 2.42 bits per heavy atom. The first-order valence-electron chi connectivity index (χ1n) is 9.72. The first-order chi connectivity index (χ1) is 11.9. The predicted octanol–water partition coefficient (Wildman–Crippen LogP) is 6.68. The first kappa shape index (κ1) is 19.4. The van der Waals surface area contributed by atoms with Crippen molar-refractivity contribution in [3.05, 3.63) is 30.3 Å². The van der Waals surface area contributed by atoms with E-state index in [2.05, 4.69) is 42.4 Å². The lowest BCUT2D eigenvalue weighted by atomic mass is 9.88. The molecule has 1 aliphatic rings. The Morgan fingerprint density at radius 2 is 1.67 bits per heavy atom. The summed E-state index contributed by atoms with van der Waals surface area (Å²) in [4.78, 5) is 1.24. The van der Waals surface area contributed by atoms with Gasteiger partial charge in [-0.3, -0.25) is 0 Å². The summed E-state index contributed by atoms with van der Waals surface area (Å²) in [6, 6.07) is 10.4. The van der Waals surface area contributed by atoms with Crippen molar-refractivity contribution in [1.82, 2.24) is 0 Å². The fourth-order valence-corrected chi connectivity index (χ4v) is 3.80. The quantitative estimate of drug-likeness (QED) is 0.281. The van der Waals surface area contributed by atoms with E-state index in [0.29, 0.717) is 12.0 Å². The summed E-state index contributed by atoms with van der Waals surface area (Å²) in [5.74, 6) is 4.01. The van der Waals surface area contributed by atoms with Crippen LogP contribution in [-0.4, -0.2) is 12.7 Å². The van der Waals surface area contributed by atoms with E-state index in [-0.39, 0.29) is 0 Å². The lowest BCUT2D eigenvalue weighted by molar-refractivity contribution is 0.0210. The molecule has 2 rings (SSSR count). The summed E-state index contributed by atoms with van der Waals surface area (Å²) in [5.41, 5.74) is 0. The zero-order chi connectivity index (χ0) is 16.9. The van der Waals surface area contributed by atoms with Gasteiger partial charge < -0.3 is 4.74 Å². The van der Waals surface area contributed by atoms with Gasteiger partial charge in [0.2, 0.25) is 0 Å². The van der Waals surface area contributed by atoms with Crippen LogP contribution >= 0.6 is 11.8 Å². The number of thioether (sulfide) groups is 1. The maximum atomic E-state index is 6.06. The number of rotatable bonds is 9. The maximum absolute atomic E-state index is 6.06. The van der Waals surface area contributed by atoms with E-state index in [9.17, 15) is 0 Å². The van der Waals surface area contributed by atoms with Crippen LogP contribution in [0.2, 0.25) is 0 Å². The molecule has 0 N–H and O–H groups in total. The van der Waals surface area contributed by atoms with E-state index in [1.165, 1.54) is 69.1 Å². The average Bonchev–Trinajstić information content (AvgIpc) is 2.63. The van der Waals surface area contributed by atoms with Gasteiger partial charge in [-0.05, 0) is 61.3 Å². The molecule has 1 fully saturated rings. The van der Waals surface area contributed by atoms with Crippen LogP contribution in [0.1, 0.15) is 71.1 Å². The molecule has 1 aromatic rings. The number of unbranched alkanes of at least 4 members (excludes halogenated alkanes) is 5.